The minimum absolute atomic E-state index is 0.0817. The van der Waals surface area contributed by atoms with Gasteiger partial charge in [-0.25, -0.2) is 18.5 Å². The molecule has 5 rings (SSSR count). The van der Waals surface area contributed by atoms with Crippen LogP contribution in [0.2, 0.25) is 0 Å². The van der Waals surface area contributed by atoms with Gasteiger partial charge in [-0.3, -0.25) is 4.90 Å². The number of hydrogen-bond donors (Lipinski definition) is 1. The van der Waals surface area contributed by atoms with Gasteiger partial charge in [-0.15, -0.1) is 0 Å². The second kappa shape index (κ2) is 8.22. The predicted molar refractivity (Wildman–Crippen MR) is 120 cm³/mol. The van der Waals surface area contributed by atoms with E-state index in [0.717, 1.165) is 19.3 Å². The number of imidazole rings is 1. The van der Waals surface area contributed by atoms with Crippen molar-refractivity contribution in [3.8, 4) is 0 Å². The van der Waals surface area contributed by atoms with Gasteiger partial charge in [-0.2, -0.15) is 0 Å². The summed E-state index contributed by atoms with van der Waals surface area (Å²) >= 11 is 0. The summed E-state index contributed by atoms with van der Waals surface area (Å²) in [5.41, 5.74) is 5.62. The molecule has 0 radical (unpaired) electrons. The topological polar surface area (TPSA) is 81.2 Å². The van der Waals surface area contributed by atoms with Crippen LogP contribution >= 0.6 is 0 Å². The predicted octanol–water partition coefficient (Wildman–Crippen LogP) is 2.73. The van der Waals surface area contributed by atoms with Crippen LogP contribution in [0.4, 0.5) is 0 Å². The van der Waals surface area contributed by atoms with Crippen LogP contribution in [0, 0.1) is 0 Å². The Labute approximate surface area is 183 Å². The minimum Gasteiger partial charge on any atom is -0.336 e. The molecule has 6 nitrogen and oxygen atoms in total. The van der Waals surface area contributed by atoms with Gasteiger partial charge < -0.3 is 4.57 Å². The lowest BCUT2D eigenvalue weighted by molar-refractivity contribution is 0.106. The van der Waals surface area contributed by atoms with E-state index in [4.69, 9.17) is 5.14 Å². The Kier molecular flexibility index (Phi) is 5.42. The fraction of sp³-hybridized carbons (Fsp3) is 0.375. The van der Waals surface area contributed by atoms with Crippen LogP contribution in [0.15, 0.2) is 66.1 Å². The Hall–Kier alpha value is -2.48. The second-order valence-corrected chi connectivity index (χ2v) is 10.2. The summed E-state index contributed by atoms with van der Waals surface area (Å²) in [5.74, 6) is 0.514. The highest BCUT2D eigenvalue weighted by Crippen LogP contribution is 2.40. The number of likely N-dealkylation sites (tertiary alicyclic amines) is 1. The van der Waals surface area contributed by atoms with E-state index in [2.05, 4.69) is 58.4 Å². The van der Waals surface area contributed by atoms with Gasteiger partial charge in [0, 0.05) is 24.7 Å². The fourth-order valence-electron chi connectivity index (χ4n) is 4.94. The molecule has 1 aromatic heterocycles. The first-order chi connectivity index (χ1) is 15.0. The zero-order valence-corrected chi connectivity index (χ0v) is 18.3. The number of aromatic nitrogens is 2. The maximum absolute atomic E-state index is 11.4. The van der Waals surface area contributed by atoms with E-state index in [1.807, 2.05) is 0 Å². The van der Waals surface area contributed by atoms with Crippen molar-refractivity contribution < 1.29 is 8.42 Å². The first-order valence-corrected chi connectivity index (χ1v) is 12.5. The maximum Gasteiger partial charge on any atom is 0.257 e. The van der Waals surface area contributed by atoms with Crippen LogP contribution < -0.4 is 5.14 Å². The Morgan fingerprint density at radius 3 is 2.55 bits per heavy atom. The highest BCUT2D eigenvalue weighted by Gasteiger charge is 2.38. The van der Waals surface area contributed by atoms with E-state index in [-0.39, 0.29) is 5.03 Å². The van der Waals surface area contributed by atoms with Crippen LogP contribution in [0.5, 0.6) is 0 Å². The molecule has 2 aliphatic rings. The van der Waals surface area contributed by atoms with Gasteiger partial charge in [-0.1, -0.05) is 48.5 Å². The largest absolute Gasteiger partial charge is 0.336 e. The van der Waals surface area contributed by atoms with Crippen molar-refractivity contribution in [1.82, 2.24) is 14.5 Å². The average Bonchev–Trinajstić information content (AvgIpc) is 3.32. The number of hydrogen-bond acceptors (Lipinski definition) is 4. The molecule has 1 aliphatic carbocycles. The van der Waals surface area contributed by atoms with Gasteiger partial charge in [0.15, 0.2) is 5.03 Å². The summed E-state index contributed by atoms with van der Waals surface area (Å²) in [6.07, 6.45) is 7.36. The van der Waals surface area contributed by atoms with Crippen LogP contribution in [0.1, 0.15) is 34.6 Å². The molecule has 1 aliphatic heterocycles. The number of sulfonamides is 1. The standard InChI is InChI=1S/C24H28N4O2S/c25-31(29,30)24-16-27(17-26-24)12-9-19-7-8-20-15-23(28-10-4-11-28)22(21(20)13-19)14-18-5-2-1-3-6-18/h1-3,5-8,13,16-17,22-23H,4,9-12,14-15H2,(H2,25,29,30). The minimum atomic E-state index is -3.76. The van der Waals surface area contributed by atoms with Crippen molar-refractivity contribution >= 4 is 10.0 Å². The molecule has 0 saturated carbocycles. The zero-order chi connectivity index (χ0) is 21.4. The Morgan fingerprint density at radius 2 is 1.87 bits per heavy atom. The van der Waals surface area contributed by atoms with Crippen LogP contribution in [0.25, 0.3) is 0 Å². The highest BCUT2D eigenvalue weighted by molar-refractivity contribution is 7.89. The molecule has 2 N–H and O–H groups in total. The van der Waals surface area contributed by atoms with E-state index in [9.17, 15) is 8.42 Å². The molecule has 2 unspecified atom stereocenters. The van der Waals surface area contributed by atoms with Crippen molar-refractivity contribution in [2.24, 2.45) is 5.14 Å². The number of rotatable bonds is 7. The Balaban J connectivity index is 1.36. The highest BCUT2D eigenvalue weighted by atomic mass is 32.2. The summed E-state index contributed by atoms with van der Waals surface area (Å²) in [6.45, 7) is 3.09. The first-order valence-electron chi connectivity index (χ1n) is 10.9. The molecular formula is C24H28N4O2S. The van der Waals surface area contributed by atoms with Crippen LogP contribution in [-0.4, -0.2) is 42.0 Å². The van der Waals surface area contributed by atoms with Gasteiger partial charge in [0.05, 0.1) is 6.33 Å². The SMILES string of the molecule is NS(=O)(=O)c1cn(CCc2ccc3c(c2)C(Cc2ccccc2)C(N2CCC2)C3)cn1. The number of benzene rings is 2. The van der Waals surface area contributed by atoms with Crippen molar-refractivity contribution in [2.75, 3.05) is 13.1 Å². The molecular weight excluding hydrogens is 408 g/mol. The zero-order valence-electron chi connectivity index (χ0n) is 17.5. The normalized spacial score (nSPS) is 21.1. The monoisotopic (exact) mass is 436 g/mol. The number of fused-ring (bicyclic) bond motifs is 1. The van der Waals surface area contributed by atoms with E-state index in [1.54, 1.807) is 4.57 Å². The number of aryl methyl sites for hydroxylation is 2. The molecule has 3 aromatic rings. The average molecular weight is 437 g/mol. The lowest BCUT2D eigenvalue weighted by atomic mass is 9.88. The summed E-state index contributed by atoms with van der Waals surface area (Å²) in [5, 5.41) is 5.08. The Morgan fingerprint density at radius 1 is 1.06 bits per heavy atom. The van der Waals surface area contributed by atoms with Gasteiger partial charge in [0.25, 0.3) is 10.0 Å². The van der Waals surface area contributed by atoms with Gasteiger partial charge in [-0.05, 0) is 61.0 Å². The molecule has 0 amide bonds. The molecule has 1 fully saturated rings. The summed E-state index contributed by atoms with van der Waals surface area (Å²) in [4.78, 5) is 6.55. The summed E-state index contributed by atoms with van der Waals surface area (Å²) < 4.78 is 24.7. The molecule has 0 spiro atoms. The number of nitrogens with zero attached hydrogens (tertiary/aromatic N) is 3. The van der Waals surface area contributed by atoms with E-state index < -0.39 is 10.0 Å². The third kappa shape index (κ3) is 4.31. The molecule has 31 heavy (non-hydrogen) atoms. The fourth-order valence-corrected chi connectivity index (χ4v) is 5.42. The third-order valence-corrected chi connectivity index (χ3v) is 7.51. The molecule has 0 bridgehead atoms. The van der Waals surface area contributed by atoms with E-state index in [1.165, 1.54) is 54.3 Å². The van der Waals surface area contributed by atoms with Gasteiger partial charge in [0.1, 0.15) is 0 Å². The molecule has 2 heterocycles. The van der Waals surface area contributed by atoms with E-state index in [0.29, 0.717) is 18.5 Å². The first kappa shape index (κ1) is 20.4. The van der Waals surface area contributed by atoms with E-state index >= 15 is 0 Å². The quantitative estimate of drug-likeness (QED) is 0.618. The smallest absolute Gasteiger partial charge is 0.257 e. The second-order valence-electron chi connectivity index (χ2n) is 8.74. The molecule has 1 saturated heterocycles. The van der Waals surface area contributed by atoms with Gasteiger partial charge in [0.2, 0.25) is 0 Å². The number of primary sulfonamides is 1. The van der Waals surface area contributed by atoms with Crippen molar-refractivity contribution in [3.05, 3.63) is 83.3 Å². The molecule has 162 valence electrons. The van der Waals surface area contributed by atoms with Crippen LogP contribution in [-0.2, 0) is 35.8 Å². The molecule has 7 heteroatoms. The summed E-state index contributed by atoms with van der Waals surface area (Å²) in [6, 6.07) is 18.3. The molecule has 2 atom stereocenters. The lowest BCUT2D eigenvalue weighted by Gasteiger charge is -2.39. The van der Waals surface area contributed by atoms with Crippen molar-refractivity contribution in [3.63, 3.8) is 0 Å². The third-order valence-electron chi connectivity index (χ3n) is 6.72. The van der Waals surface area contributed by atoms with Crippen molar-refractivity contribution in [2.45, 2.75) is 49.2 Å². The summed E-state index contributed by atoms with van der Waals surface area (Å²) in [7, 11) is -3.76. The number of nitrogens with two attached hydrogens (primary N) is 1. The van der Waals surface area contributed by atoms with Crippen LogP contribution in [0.3, 0.4) is 0 Å². The Bertz CT molecular complexity index is 1170. The molecule has 2 aromatic carbocycles. The van der Waals surface area contributed by atoms with Crippen molar-refractivity contribution in [1.29, 1.82) is 0 Å². The van der Waals surface area contributed by atoms with Gasteiger partial charge >= 0.3 is 0 Å². The lowest BCUT2D eigenvalue weighted by Crippen LogP contribution is -2.47. The maximum atomic E-state index is 11.4.